The highest BCUT2D eigenvalue weighted by Crippen LogP contribution is 2.27. The highest BCUT2D eigenvalue weighted by Gasteiger charge is 2.25. The monoisotopic (exact) mass is 334 g/mol. The molecule has 1 aliphatic rings. The number of imidazole rings is 1. The summed E-state index contributed by atoms with van der Waals surface area (Å²) in [4.78, 5) is 18.7. The maximum Gasteiger partial charge on any atom is 0.256 e. The van der Waals surface area contributed by atoms with Gasteiger partial charge in [-0.2, -0.15) is 0 Å². The van der Waals surface area contributed by atoms with Gasteiger partial charge in [-0.05, 0) is 25.2 Å². The first kappa shape index (κ1) is 13.3. The van der Waals surface area contributed by atoms with Crippen LogP contribution in [-0.4, -0.2) is 34.5 Å². The van der Waals surface area contributed by atoms with Crippen molar-refractivity contribution in [3.05, 3.63) is 46.0 Å². The third-order valence-corrected chi connectivity index (χ3v) is 3.97. The zero-order valence-electron chi connectivity index (χ0n) is 11.4. The van der Waals surface area contributed by atoms with Gasteiger partial charge in [0.25, 0.3) is 5.91 Å². The van der Waals surface area contributed by atoms with E-state index in [1.165, 1.54) is 0 Å². The third-order valence-electron chi connectivity index (χ3n) is 3.48. The lowest BCUT2D eigenvalue weighted by Crippen LogP contribution is -2.25. The molecule has 1 N–H and O–H groups in total. The number of nitrogens with one attached hydrogen (secondary N) is 1. The summed E-state index contributed by atoms with van der Waals surface area (Å²) < 4.78 is 2.91. The van der Waals surface area contributed by atoms with Crippen LogP contribution in [0.3, 0.4) is 0 Å². The summed E-state index contributed by atoms with van der Waals surface area (Å²) in [6.45, 7) is 1.25. The second-order valence-electron chi connectivity index (χ2n) is 4.86. The molecule has 0 aliphatic carbocycles. The lowest BCUT2D eigenvalue weighted by Gasteiger charge is -2.14. The zero-order valence-corrected chi connectivity index (χ0v) is 12.9. The molecule has 0 atom stereocenters. The molecule has 104 valence electrons. The fourth-order valence-corrected chi connectivity index (χ4v) is 2.85. The normalized spacial score (nSPS) is 13.9. The number of carbonyl (C=O) groups excluding carboxylic acids is 1. The third kappa shape index (κ3) is 2.05. The molecule has 0 fully saturated rings. The van der Waals surface area contributed by atoms with Crippen LogP contribution in [0.2, 0.25) is 0 Å². The maximum absolute atomic E-state index is 12.5. The van der Waals surface area contributed by atoms with Crippen LogP contribution in [0, 0.1) is 0 Å². The number of halogens is 1. The van der Waals surface area contributed by atoms with Gasteiger partial charge < -0.3 is 14.8 Å². The Morgan fingerprint density at radius 1 is 1.45 bits per heavy atom. The summed E-state index contributed by atoms with van der Waals surface area (Å²) in [6.07, 6.45) is 1.79. The van der Waals surface area contributed by atoms with E-state index in [0.29, 0.717) is 18.7 Å². The molecule has 0 radical (unpaired) electrons. The topological polar surface area (TPSA) is 50.2 Å². The molecule has 0 unspecified atom stereocenters. The van der Waals surface area contributed by atoms with Gasteiger partial charge in [-0.15, -0.1) is 0 Å². The number of hydrogen-bond donors (Lipinski definition) is 1. The van der Waals surface area contributed by atoms with Gasteiger partial charge in [0.05, 0.1) is 35.5 Å². The average molecular weight is 335 g/mol. The molecule has 0 spiro atoms. The number of aromatic nitrogens is 2. The van der Waals surface area contributed by atoms with E-state index < -0.39 is 0 Å². The molecule has 0 bridgehead atoms. The quantitative estimate of drug-likeness (QED) is 0.913. The SMILES string of the molecule is CNCc1ncn2c1CN(C)C(=O)c1cc(Br)ccc1-2. The fraction of sp³-hybridized carbons (Fsp3) is 0.286. The van der Waals surface area contributed by atoms with E-state index in [4.69, 9.17) is 0 Å². The number of fused-ring (bicyclic) bond motifs is 3. The van der Waals surface area contributed by atoms with Crippen molar-refractivity contribution in [2.24, 2.45) is 0 Å². The van der Waals surface area contributed by atoms with Crippen molar-refractivity contribution in [3.63, 3.8) is 0 Å². The Morgan fingerprint density at radius 2 is 2.25 bits per heavy atom. The molecule has 1 aliphatic heterocycles. The largest absolute Gasteiger partial charge is 0.336 e. The molecule has 1 aromatic heterocycles. The molecule has 6 heteroatoms. The van der Waals surface area contributed by atoms with Crippen LogP contribution in [0.1, 0.15) is 21.7 Å². The van der Waals surface area contributed by atoms with Gasteiger partial charge in [0.15, 0.2) is 0 Å². The van der Waals surface area contributed by atoms with Crippen molar-refractivity contribution in [2.45, 2.75) is 13.1 Å². The number of benzene rings is 1. The minimum Gasteiger partial charge on any atom is -0.336 e. The Morgan fingerprint density at radius 3 is 3.00 bits per heavy atom. The number of hydrogen-bond acceptors (Lipinski definition) is 3. The summed E-state index contributed by atoms with van der Waals surface area (Å²) in [5, 5.41) is 3.11. The Hall–Kier alpha value is -1.66. The van der Waals surface area contributed by atoms with Crippen molar-refractivity contribution in [3.8, 4) is 5.69 Å². The van der Waals surface area contributed by atoms with Gasteiger partial charge in [0.2, 0.25) is 0 Å². The van der Waals surface area contributed by atoms with Gasteiger partial charge in [-0.3, -0.25) is 4.79 Å². The number of rotatable bonds is 2. The first-order valence-corrected chi connectivity index (χ1v) is 7.16. The molecule has 0 saturated heterocycles. The molecule has 20 heavy (non-hydrogen) atoms. The highest BCUT2D eigenvalue weighted by molar-refractivity contribution is 9.10. The summed E-state index contributed by atoms with van der Waals surface area (Å²) in [6, 6.07) is 5.75. The van der Waals surface area contributed by atoms with Gasteiger partial charge in [0, 0.05) is 18.1 Å². The second-order valence-corrected chi connectivity index (χ2v) is 5.78. The smallest absolute Gasteiger partial charge is 0.256 e. The van der Waals surface area contributed by atoms with E-state index in [9.17, 15) is 4.79 Å². The summed E-state index contributed by atoms with van der Waals surface area (Å²) in [5.74, 6) is 0.0282. The van der Waals surface area contributed by atoms with Crippen LogP contribution in [0.5, 0.6) is 0 Å². The maximum atomic E-state index is 12.5. The van der Waals surface area contributed by atoms with Gasteiger partial charge in [-0.1, -0.05) is 15.9 Å². The number of amides is 1. The van der Waals surface area contributed by atoms with E-state index in [2.05, 4.69) is 26.2 Å². The number of carbonyl (C=O) groups is 1. The van der Waals surface area contributed by atoms with Crippen LogP contribution in [-0.2, 0) is 13.1 Å². The van der Waals surface area contributed by atoms with Crippen molar-refractivity contribution in [2.75, 3.05) is 14.1 Å². The Kier molecular flexibility index (Phi) is 3.35. The molecular weight excluding hydrogens is 320 g/mol. The lowest BCUT2D eigenvalue weighted by atomic mass is 10.1. The first-order chi connectivity index (χ1) is 9.61. The van der Waals surface area contributed by atoms with Crippen LogP contribution in [0.4, 0.5) is 0 Å². The Bertz CT molecular complexity index is 680. The van der Waals surface area contributed by atoms with Crippen molar-refractivity contribution in [1.29, 1.82) is 0 Å². The standard InChI is InChI=1S/C14H15BrN4O/c1-16-6-11-13-7-18(2)14(20)10-5-9(15)3-4-12(10)19(13)8-17-11/h3-5,8,16H,6-7H2,1-2H3. The average Bonchev–Trinajstić information content (AvgIpc) is 2.77. The predicted molar refractivity (Wildman–Crippen MR) is 79.8 cm³/mol. The molecule has 2 heterocycles. The molecular formula is C14H15BrN4O. The predicted octanol–water partition coefficient (Wildman–Crippen LogP) is 1.94. The Balaban J connectivity index is 2.23. The molecule has 1 amide bonds. The van der Waals surface area contributed by atoms with Crippen LogP contribution in [0.25, 0.3) is 5.69 Å². The molecule has 3 rings (SSSR count). The summed E-state index contributed by atoms with van der Waals surface area (Å²) >= 11 is 3.43. The van der Waals surface area contributed by atoms with Crippen molar-refractivity contribution < 1.29 is 4.79 Å². The summed E-state index contributed by atoms with van der Waals surface area (Å²) in [5.41, 5.74) is 3.60. The van der Waals surface area contributed by atoms with E-state index in [-0.39, 0.29) is 5.91 Å². The van der Waals surface area contributed by atoms with Gasteiger partial charge in [0.1, 0.15) is 0 Å². The first-order valence-electron chi connectivity index (χ1n) is 6.37. The van der Waals surface area contributed by atoms with Crippen LogP contribution < -0.4 is 5.32 Å². The number of nitrogens with zero attached hydrogens (tertiary/aromatic N) is 3. The Labute approximate surface area is 125 Å². The molecule has 2 aromatic rings. The van der Waals surface area contributed by atoms with Gasteiger partial charge >= 0.3 is 0 Å². The van der Waals surface area contributed by atoms with E-state index in [1.807, 2.05) is 36.9 Å². The molecule has 5 nitrogen and oxygen atoms in total. The van der Waals surface area contributed by atoms with Crippen LogP contribution in [0.15, 0.2) is 29.0 Å². The van der Waals surface area contributed by atoms with Crippen molar-refractivity contribution >= 4 is 21.8 Å². The lowest BCUT2D eigenvalue weighted by molar-refractivity contribution is 0.0787. The van der Waals surface area contributed by atoms with Gasteiger partial charge in [-0.25, -0.2) is 4.98 Å². The zero-order chi connectivity index (χ0) is 14.3. The molecule has 0 saturated carbocycles. The fourth-order valence-electron chi connectivity index (χ4n) is 2.49. The highest BCUT2D eigenvalue weighted by atomic mass is 79.9. The minimum absolute atomic E-state index is 0.0282. The molecule has 1 aromatic carbocycles. The van der Waals surface area contributed by atoms with E-state index >= 15 is 0 Å². The van der Waals surface area contributed by atoms with E-state index in [1.54, 1.807) is 11.2 Å². The van der Waals surface area contributed by atoms with Crippen molar-refractivity contribution in [1.82, 2.24) is 19.8 Å². The van der Waals surface area contributed by atoms with E-state index in [0.717, 1.165) is 21.5 Å². The second kappa shape index (κ2) is 5.03. The van der Waals surface area contributed by atoms with Crippen LogP contribution >= 0.6 is 15.9 Å². The summed E-state index contributed by atoms with van der Waals surface area (Å²) in [7, 11) is 3.71. The minimum atomic E-state index is 0.0282.